The highest BCUT2D eigenvalue weighted by Gasteiger charge is 2.33. The summed E-state index contributed by atoms with van der Waals surface area (Å²) in [6.45, 7) is 1.89. The quantitative estimate of drug-likeness (QED) is 0.611. The molecule has 0 spiro atoms. The molecule has 1 aliphatic heterocycles. The van der Waals surface area contributed by atoms with Crippen LogP contribution in [0, 0.1) is 0 Å². The minimum atomic E-state index is -0.629. The van der Waals surface area contributed by atoms with E-state index in [-0.39, 0.29) is 17.9 Å². The summed E-state index contributed by atoms with van der Waals surface area (Å²) in [4.78, 5) is 17.5. The molecule has 1 N–H and O–H groups in total. The van der Waals surface area contributed by atoms with Crippen molar-refractivity contribution in [1.82, 2.24) is 0 Å². The molecule has 1 heterocycles. The van der Waals surface area contributed by atoms with Crippen LogP contribution in [0.5, 0.6) is 17.2 Å². The van der Waals surface area contributed by atoms with Gasteiger partial charge in [-0.1, -0.05) is 17.8 Å². The zero-order valence-electron chi connectivity index (χ0n) is 17.7. The summed E-state index contributed by atoms with van der Waals surface area (Å²) in [6, 6.07) is 12.4. The Morgan fingerprint density at radius 1 is 1.03 bits per heavy atom. The molecule has 0 bridgehead atoms. The smallest absolute Gasteiger partial charge is 0.344 e. The minimum Gasteiger partial charge on any atom is -0.506 e. The number of aliphatic imine (C=N–C) groups is 1. The number of hydrogen-bond donors (Lipinski definition) is 1. The number of hydrogen-bond acceptors (Lipinski definition) is 8. The van der Waals surface area contributed by atoms with Gasteiger partial charge < -0.3 is 24.1 Å². The second-order valence-corrected chi connectivity index (χ2v) is 7.31. The number of aliphatic hydroxyl groups is 1. The van der Waals surface area contributed by atoms with Crippen LogP contribution in [0.15, 0.2) is 63.7 Å². The van der Waals surface area contributed by atoms with Gasteiger partial charge in [0, 0.05) is 0 Å². The summed E-state index contributed by atoms with van der Waals surface area (Å²) in [5, 5.41) is 11.2. The van der Waals surface area contributed by atoms with Gasteiger partial charge in [0.2, 0.25) is 0 Å². The molecule has 1 aliphatic rings. The van der Waals surface area contributed by atoms with Crippen LogP contribution >= 0.6 is 11.8 Å². The third-order valence-electron chi connectivity index (χ3n) is 4.38. The first-order valence-electron chi connectivity index (χ1n) is 9.46. The molecule has 0 amide bonds. The Hall–Kier alpha value is -3.39. The van der Waals surface area contributed by atoms with E-state index in [1.807, 2.05) is 6.07 Å². The van der Waals surface area contributed by atoms with Gasteiger partial charge in [-0.2, -0.15) is 0 Å². The number of carbonyl (C=O) groups excluding carboxylic acids is 1. The molecule has 0 atom stereocenters. The van der Waals surface area contributed by atoms with Gasteiger partial charge in [-0.05, 0) is 55.0 Å². The van der Waals surface area contributed by atoms with E-state index in [0.717, 1.165) is 5.56 Å². The number of nitrogens with zero attached hydrogens (tertiary/aromatic N) is 1. The Morgan fingerprint density at radius 3 is 2.35 bits per heavy atom. The number of esters is 1. The van der Waals surface area contributed by atoms with E-state index in [1.165, 1.54) is 11.8 Å². The molecule has 7 nitrogen and oxygen atoms in total. The largest absolute Gasteiger partial charge is 0.506 e. The Morgan fingerprint density at radius 2 is 1.74 bits per heavy atom. The molecule has 0 fully saturated rings. The molecule has 0 saturated carbocycles. The summed E-state index contributed by atoms with van der Waals surface area (Å²) >= 11 is 1.19. The number of thioether (sulfide) groups is 1. The maximum absolute atomic E-state index is 12.5. The molecule has 31 heavy (non-hydrogen) atoms. The van der Waals surface area contributed by atoms with Gasteiger partial charge in [0.15, 0.2) is 11.5 Å². The normalized spacial score (nSPS) is 16.0. The lowest BCUT2D eigenvalue weighted by atomic mass is 10.1. The van der Waals surface area contributed by atoms with E-state index in [0.29, 0.717) is 32.9 Å². The molecule has 0 aliphatic carbocycles. The molecule has 3 rings (SSSR count). The number of rotatable bonds is 7. The van der Waals surface area contributed by atoms with E-state index in [2.05, 4.69) is 4.99 Å². The molecule has 162 valence electrons. The van der Waals surface area contributed by atoms with E-state index in [1.54, 1.807) is 70.7 Å². The second-order valence-electron chi connectivity index (χ2n) is 6.28. The van der Waals surface area contributed by atoms with Crippen LogP contribution in [0.3, 0.4) is 0 Å². The third kappa shape index (κ3) is 5.03. The molecule has 2 aromatic rings. The Balaban J connectivity index is 2.02. The molecular weight excluding hydrogens is 418 g/mol. The average Bonchev–Trinajstić information content (AvgIpc) is 3.08. The van der Waals surface area contributed by atoms with Crippen molar-refractivity contribution in [1.29, 1.82) is 0 Å². The zero-order valence-corrected chi connectivity index (χ0v) is 18.5. The minimum absolute atomic E-state index is 0.0365. The van der Waals surface area contributed by atoms with Crippen molar-refractivity contribution in [2.24, 2.45) is 4.99 Å². The molecule has 0 radical (unpaired) electrons. The van der Waals surface area contributed by atoms with E-state index in [9.17, 15) is 9.90 Å². The van der Waals surface area contributed by atoms with Gasteiger partial charge >= 0.3 is 5.97 Å². The number of benzene rings is 2. The van der Waals surface area contributed by atoms with Crippen LogP contribution in [-0.2, 0) is 9.53 Å². The Labute approximate surface area is 185 Å². The Kier molecular flexibility index (Phi) is 7.25. The topological polar surface area (TPSA) is 86.6 Å². The Bertz CT molecular complexity index is 1060. The molecule has 0 saturated heterocycles. The molecule has 0 unspecified atom stereocenters. The summed E-state index contributed by atoms with van der Waals surface area (Å²) in [5.41, 5.74) is 1.42. The van der Waals surface area contributed by atoms with Crippen molar-refractivity contribution in [3.05, 3.63) is 64.3 Å². The standard InChI is InChI=1S/C23H23NO6S/c1-5-30-23(26)20-21(25)19(13-14-6-11-17(28-3)18(12-14)29-4)31-22(20)24-15-7-9-16(27-2)10-8-15/h6-13,25H,5H2,1-4H3. The second kappa shape index (κ2) is 10.1. The van der Waals surface area contributed by atoms with Crippen molar-refractivity contribution < 1.29 is 28.8 Å². The summed E-state index contributed by atoms with van der Waals surface area (Å²) in [7, 11) is 4.69. The van der Waals surface area contributed by atoms with Crippen molar-refractivity contribution in [2.45, 2.75) is 6.92 Å². The lowest BCUT2D eigenvalue weighted by molar-refractivity contribution is -0.138. The van der Waals surface area contributed by atoms with Gasteiger partial charge in [0.25, 0.3) is 0 Å². The van der Waals surface area contributed by atoms with E-state index in [4.69, 9.17) is 18.9 Å². The summed E-state index contributed by atoms with van der Waals surface area (Å²) in [6.07, 6.45) is 1.75. The lowest BCUT2D eigenvalue weighted by Crippen LogP contribution is -2.12. The highest BCUT2D eigenvalue weighted by Crippen LogP contribution is 2.41. The maximum Gasteiger partial charge on any atom is 0.344 e. The lowest BCUT2D eigenvalue weighted by Gasteiger charge is -2.08. The predicted octanol–water partition coefficient (Wildman–Crippen LogP) is 4.91. The van der Waals surface area contributed by atoms with Crippen LogP contribution in [-0.4, -0.2) is 44.1 Å². The number of ether oxygens (including phenoxy) is 4. The SMILES string of the molecule is CCOC(=O)C1=C(O)C(=Cc2ccc(OC)c(OC)c2)SC1=Nc1ccc(OC)cc1. The van der Waals surface area contributed by atoms with Gasteiger partial charge in [-0.3, -0.25) is 0 Å². The first-order valence-corrected chi connectivity index (χ1v) is 10.3. The van der Waals surface area contributed by atoms with E-state index >= 15 is 0 Å². The van der Waals surface area contributed by atoms with Crippen molar-refractivity contribution in [2.75, 3.05) is 27.9 Å². The zero-order chi connectivity index (χ0) is 22.4. The van der Waals surface area contributed by atoms with Gasteiger partial charge in [-0.15, -0.1) is 0 Å². The van der Waals surface area contributed by atoms with E-state index < -0.39 is 5.97 Å². The van der Waals surface area contributed by atoms with Crippen molar-refractivity contribution >= 4 is 34.5 Å². The van der Waals surface area contributed by atoms with Gasteiger partial charge in [-0.25, -0.2) is 9.79 Å². The molecule has 0 aromatic heterocycles. The summed E-state index contributed by atoms with van der Waals surface area (Å²) in [5.74, 6) is 1.04. The molecular formula is C23H23NO6S. The molecule has 2 aromatic carbocycles. The number of methoxy groups -OCH3 is 3. The summed E-state index contributed by atoms with van der Waals surface area (Å²) < 4.78 is 20.9. The predicted molar refractivity (Wildman–Crippen MR) is 121 cm³/mol. The van der Waals surface area contributed by atoms with Gasteiger partial charge in [0.1, 0.15) is 22.1 Å². The van der Waals surface area contributed by atoms with Crippen LogP contribution in [0.2, 0.25) is 0 Å². The van der Waals surface area contributed by atoms with Crippen LogP contribution in [0.1, 0.15) is 12.5 Å². The van der Waals surface area contributed by atoms with Crippen LogP contribution in [0.25, 0.3) is 6.08 Å². The fraction of sp³-hybridized carbons (Fsp3) is 0.217. The first-order chi connectivity index (χ1) is 15.0. The van der Waals surface area contributed by atoms with Crippen molar-refractivity contribution in [3.8, 4) is 17.2 Å². The number of carbonyl (C=O) groups is 1. The van der Waals surface area contributed by atoms with Gasteiger partial charge in [0.05, 0.1) is 38.5 Å². The average molecular weight is 442 g/mol. The highest BCUT2D eigenvalue weighted by molar-refractivity contribution is 8.18. The molecule has 8 heteroatoms. The fourth-order valence-corrected chi connectivity index (χ4v) is 3.89. The fourth-order valence-electron chi connectivity index (χ4n) is 2.86. The first kappa shape index (κ1) is 22.3. The maximum atomic E-state index is 12.5. The van der Waals surface area contributed by atoms with Crippen molar-refractivity contribution in [3.63, 3.8) is 0 Å². The van der Waals surface area contributed by atoms with Crippen LogP contribution in [0.4, 0.5) is 5.69 Å². The number of aliphatic hydroxyl groups excluding tert-OH is 1. The van der Waals surface area contributed by atoms with Crippen LogP contribution < -0.4 is 14.2 Å². The monoisotopic (exact) mass is 441 g/mol. The third-order valence-corrected chi connectivity index (χ3v) is 5.40. The highest BCUT2D eigenvalue weighted by atomic mass is 32.2.